The third-order valence-corrected chi connectivity index (χ3v) is 5.77. The van der Waals surface area contributed by atoms with Crippen molar-refractivity contribution in [2.75, 3.05) is 12.0 Å². The molecule has 1 fully saturated rings. The van der Waals surface area contributed by atoms with E-state index in [0.29, 0.717) is 10.7 Å². The van der Waals surface area contributed by atoms with Gasteiger partial charge in [-0.15, -0.1) is 0 Å². The standard InChI is InChI=1S/C27H23ClN2O6/c1-15(2)36-27(34)16-7-6-8-18(13-16)30-23(20-9-4-5-12-29-20)22(25(32)26(30)33)24(31)19-14-17(28)10-11-21(19)35-3/h4-15,23,31H,1-3H3/b24-22+. The molecule has 184 valence electrons. The van der Waals surface area contributed by atoms with Gasteiger partial charge in [-0.25, -0.2) is 4.79 Å². The highest BCUT2D eigenvalue weighted by atomic mass is 35.5. The van der Waals surface area contributed by atoms with E-state index in [-0.39, 0.29) is 34.2 Å². The molecule has 36 heavy (non-hydrogen) atoms. The van der Waals surface area contributed by atoms with Crippen molar-refractivity contribution in [3.8, 4) is 5.75 Å². The van der Waals surface area contributed by atoms with Crippen molar-refractivity contribution in [3.63, 3.8) is 0 Å². The van der Waals surface area contributed by atoms with Crippen LogP contribution in [0.15, 0.2) is 72.4 Å². The minimum atomic E-state index is -1.08. The summed E-state index contributed by atoms with van der Waals surface area (Å²) >= 11 is 6.14. The zero-order chi connectivity index (χ0) is 26.0. The molecule has 1 aliphatic rings. The lowest BCUT2D eigenvalue weighted by molar-refractivity contribution is -0.132. The molecule has 0 saturated carbocycles. The first kappa shape index (κ1) is 24.9. The lowest BCUT2D eigenvalue weighted by Crippen LogP contribution is -2.30. The Balaban J connectivity index is 1.92. The average Bonchev–Trinajstić information content (AvgIpc) is 3.14. The van der Waals surface area contributed by atoms with Crippen molar-refractivity contribution in [3.05, 3.63) is 94.3 Å². The third-order valence-electron chi connectivity index (χ3n) is 5.53. The van der Waals surface area contributed by atoms with E-state index in [0.717, 1.165) is 0 Å². The van der Waals surface area contributed by atoms with Crippen LogP contribution in [0, 0.1) is 0 Å². The van der Waals surface area contributed by atoms with Crippen molar-refractivity contribution in [2.24, 2.45) is 0 Å². The molecule has 0 aliphatic carbocycles. The predicted octanol–water partition coefficient (Wildman–Crippen LogP) is 4.94. The number of esters is 1. The minimum Gasteiger partial charge on any atom is -0.507 e. The minimum absolute atomic E-state index is 0.151. The van der Waals surface area contributed by atoms with E-state index in [4.69, 9.17) is 21.1 Å². The molecule has 8 nitrogen and oxygen atoms in total. The van der Waals surface area contributed by atoms with Crippen molar-refractivity contribution in [2.45, 2.75) is 26.0 Å². The van der Waals surface area contributed by atoms with Crippen LogP contribution in [-0.4, -0.2) is 41.0 Å². The Hall–Kier alpha value is -4.17. The first-order valence-electron chi connectivity index (χ1n) is 11.1. The Morgan fingerprint density at radius 3 is 2.53 bits per heavy atom. The van der Waals surface area contributed by atoms with Gasteiger partial charge >= 0.3 is 5.97 Å². The molecular formula is C27H23ClN2O6. The van der Waals surface area contributed by atoms with Gasteiger partial charge in [0.2, 0.25) is 0 Å². The van der Waals surface area contributed by atoms with Crippen LogP contribution in [0.5, 0.6) is 5.75 Å². The second-order valence-electron chi connectivity index (χ2n) is 8.27. The summed E-state index contributed by atoms with van der Waals surface area (Å²) in [7, 11) is 1.41. The monoisotopic (exact) mass is 506 g/mol. The van der Waals surface area contributed by atoms with Crippen LogP contribution in [0.4, 0.5) is 5.69 Å². The van der Waals surface area contributed by atoms with Crippen LogP contribution in [0.2, 0.25) is 5.02 Å². The van der Waals surface area contributed by atoms with E-state index in [9.17, 15) is 19.5 Å². The fourth-order valence-electron chi connectivity index (χ4n) is 3.99. The number of methoxy groups -OCH3 is 1. The molecule has 2 aromatic carbocycles. The van der Waals surface area contributed by atoms with Gasteiger partial charge in [-0.2, -0.15) is 0 Å². The van der Waals surface area contributed by atoms with Gasteiger partial charge in [0.05, 0.1) is 35.6 Å². The molecule has 2 heterocycles. The van der Waals surface area contributed by atoms with Crippen molar-refractivity contribution in [1.82, 2.24) is 4.98 Å². The predicted molar refractivity (Wildman–Crippen MR) is 134 cm³/mol. The van der Waals surface area contributed by atoms with E-state index in [1.807, 2.05) is 0 Å². The number of aromatic nitrogens is 1. The van der Waals surface area contributed by atoms with E-state index >= 15 is 0 Å². The molecule has 4 rings (SSSR count). The normalized spacial score (nSPS) is 16.9. The SMILES string of the molecule is COc1ccc(Cl)cc1/C(O)=C1\C(=O)C(=O)N(c2cccc(C(=O)OC(C)C)c2)C1c1ccccn1. The quantitative estimate of drug-likeness (QED) is 0.218. The molecular weight excluding hydrogens is 484 g/mol. The number of nitrogens with zero attached hydrogens (tertiary/aromatic N) is 2. The number of hydrogen-bond acceptors (Lipinski definition) is 7. The second kappa shape index (κ2) is 10.2. The summed E-state index contributed by atoms with van der Waals surface area (Å²) in [6.45, 7) is 3.46. The van der Waals surface area contributed by atoms with Crippen molar-refractivity contribution < 1.29 is 29.0 Å². The molecule has 1 aromatic heterocycles. The fourth-order valence-corrected chi connectivity index (χ4v) is 4.16. The molecule has 0 radical (unpaired) electrons. The van der Waals surface area contributed by atoms with Crippen LogP contribution >= 0.6 is 11.6 Å². The number of Topliss-reactive ketones (excluding diaryl/α,β-unsaturated/α-hetero) is 1. The molecule has 1 atom stereocenters. The highest BCUT2D eigenvalue weighted by Gasteiger charge is 2.48. The van der Waals surface area contributed by atoms with Gasteiger partial charge in [-0.3, -0.25) is 19.5 Å². The molecule has 3 aromatic rings. The van der Waals surface area contributed by atoms with Gasteiger partial charge in [0.25, 0.3) is 11.7 Å². The molecule has 1 amide bonds. The van der Waals surface area contributed by atoms with Gasteiger partial charge < -0.3 is 14.6 Å². The number of aliphatic hydroxyl groups is 1. The number of pyridine rings is 1. The van der Waals surface area contributed by atoms with E-state index in [1.54, 1.807) is 62.4 Å². The maximum absolute atomic E-state index is 13.3. The molecule has 0 spiro atoms. The summed E-state index contributed by atoms with van der Waals surface area (Å²) < 4.78 is 10.6. The summed E-state index contributed by atoms with van der Waals surface area (Å²) in [5, 5.41) is 11.6. The summed E-state index contributed by atoms with van der Waals surface area (Å²) in [6, 6.07) is 14.7. The van der Waals surface area contributed by atoms with E-state index < -0.39 is 29.5 Å². The molecule has 1 saturated heterocycles. The number of amides is 1. The van der Waals surface area contributed by atoms with Gasteiger partial charge in [0.15, 0.2) is 0 Å². The first-order chi connectivity index (χ1) is 17.2. The number of anilines is 1. The Morgan fingerprint density at radius 1 is 1.08 bits per heavy atom. The number of rotatable bonds is 6. The lowest BCUT2D eigenvalue weighted by atomic mass is 9.97. The highest BCUT2D eigenvalue weighted by Crippen LogP contribution is 2.43. The Labute approximate surface area is 212 Å². The van der Waals surface area contributed by atoms with Gasteiger partial charge in [-0.05, 0) is 62.4 Å². The number of aliphatic hydroxyl groups excluding tert-OH is 1. The second-order valence-corrected chi connectivity index (χ2v) is 8.71. The molecule has 0 bridgehead atoms. The third kappa shape index (κ3) is 4.67. The van der Waals surface area contributed by atoms with Crippen molar-refractivity contribution in [1.29, 1.82) is 0 Å². The van der Waals surface area contributed by atoms with E-state index in [2.05, 4.69) is 4.98 Å². The van der Waals surface area contributed by atoms with Gasteiger partial charge in [0.1, 0.15) is 17.6 Å². The zero-order valence-corrected chi connectivity index (χ0v) is 20.5. The first-order valence-corrected chi connectivity index (χ1v) is 11.5. The summed E-state index contributed by atoms with van der Waals surface area (Å²) in [4.78, 5) is 44.7. The fraction of sp³-hybridized carbons (Fsp3) is 0.185. The largest absolute Gasteiger partial charge is 0.507 e. The highest BCUT2D eigenvalue weighted by molar-refractivity contribution is 6.51. The smallest absolute Gasteiger partial charge is 0.338 e. The lowest BCUT2D eigenvalue weighted by Gasteiger charge is -2.25. The number of halogens is 1. The molecule has 1 unspecified atom stereocenters. The zero-order valence-electron chi connectivity index (χ0n) is 19.8. The maximum Gasteiger partial charge on any atom is 0.338 e. The molecule has 1 aliphatic heterocycles. The van der Waals surface area contributed by atoms with Crippen LogP contribution in [0.3, 0.4) is 0 Å². The van der Waals surface area contributed by atoms with Crippen LogP contribution in [0.25, 0.3) is 5.76 Å². The van der Waals surface area contributed by atoms with Crippen LogP contribution in [0.1, 0.15) is 41.5 Å². The van der Waals surface area contributed by atoms with Crippen LogP contribution in [-0.2, 0) is 14.3 Å². The van der Waals surface area contributed by atoms with Crippen LogP contribution < -0.4 is 9.64 Å². The number of ketones is 1. The molecule has 1 N–H and O–H groups in total. The Kier molecular flexibility index (Phi) is 7.07. The summed E-state index contributed by atoms with van der Waals surface area (Å²) in [5.41, 5.74) is 0.782. The number of ether oxygens (including phenoxy) is 2. The number of carbonyl (C=O) groups is 3. The van der Waals surface area contributed by atoms with Gasteiger partial charge in [0, 0.05) is 16.9 Å². The summed E-state index contributed by atoms with van der Waals surface area (Å²) in [6.07, 6.45) is 1.18. The maximum atomic E-state index is 13.3. The number of benzene rings is 2. The average molecular weight is 507 g/mol. The Morgan fingerprint density at radius 2 is 1.86 bits per heavy atom. The summed E-state index contributed by atoms with van der Waals surface area (Å²) in [5.74, 6) is -2.56. The van der Waals surface area contributed by atoms with Crippen molar-refractivity contribution >= 4 is 40.7 Å². The van der Waals surface area contributed by atoms with Gasteiger partial charge in [-0.1, -0.05) is 23.7 Å². The number of carbonyl (C=O) groups excluding carboxylic acids is 3. The Bertz CT molecular complexity index is 1370. The topological polar surface area (TPSA) is 106 Å². The van der Waals surface area contributed by atoms with E-state index in [1.165, 1.54) is 30.3 Å². The number of hydrogen-bond donors (Lipinski definition) is 1. The molecule has 9 heteroatoms.